The van der Waals surface area contributed by atoms with Crippen LogP contribution in [0, 0.1) is 0 Å². The highest BCUT2D eigenvalue weighted by molar-refractivity contribution is 6.34. The monoisotopic (exact) mass is 255 g/mol. The maximum absolute atomic E-state index is 12.5. The van der Waals surface area contributed by atoms with Gasteiger partial charge in [-0.1, -0.05) is 23.2 Å². The van der Waals surface area contributed by atoms with Gasteiger partial charge in [0.25, 0.3) is 6.43 Å². The molecule has 0 saturated carbocycles. The molecule has 0 bridgehead atoms. The van der Waals surface area contributed by atoms with E-state index in [-0.39, 0.29) is 15.7 Å². The quantitative estimate of drug-likeness (QED) is 0.846. The first-order valence-electron chi connectivity index (χ1n) is 3.76. The molecule has 1 aromatic heterocycles. The highest BCUT2D eigenvalue weighted by atomic mass is 35.5. The standard InChI is InChI=1S/C8H5Cl2F2NO2/c9-4-2-5(10)13-7(8(11)12)3(4)1-6(14)15/h2,8H,1H2,(H,14,15). The molecule has 1 aromatic rings. The van der Waals surface area contributed by atoms with E-state index < -0.39 is 24.5 Å². The van der Waals surface area contributed by atoms with Gasteiger partial charge in [-0.05, 0) is 6.07 Å². The van der Waals surface area contributed by atoms with Crippen molar-refractivity contribution in [1.29, 1.82) is 0 Å². The highest BCUT2D eigenvalue weighted by Gasteiger charge is 2.20. The number of carboxylic acid groups (broad SMARTS) is 1. The predicted molar refractivity (Wildman–Crippen MR) is 50.6 cm³/mol. The topological polar surface area (TPSA) is 50.2 Å². The molecule has 0 spiro atoms. The number of hydrogen-bond donors (Lipinski definition) is 1. The summed E-state index contributed by atoms with van der Waals surface area (Å²) in [6.07, 6.45) is -3.52. The van der Waals surface area contributed by atoms with Crippen LogP contribution < -0.4 is 0 Å². The second-order valence-corrected chi connectivity index (χ2v) is 3.46. The largest absolute Gasteiger partial charge is 0.481 e. The molecule has 0 aromatic carbocycles. The number of nitrogens with zero attached hydrogens (tertiary/aromatic N) is 1. The fourth-order valence-electron chi connectivity index (χ4n) is 1.04. The zero-order chi connectivity index (χ0) is 11.6. The molecule has 0 radical (unpaired) electrons. The SMILES string of the molecule is O=C(O)Cc1c(Cl)cc(Cl)nc1C(F)F. The van der Waals surface area contributed by atoms with E-state index in [0.29, 0.717) is 0 Å². The fraction of sp³-hybridized carbons (Fsp3) is 0.250. The number of alkyl halides is 2. The molecule has 0 aliphatic carbocycles. The number of rotatable bonds is 3. The van der Waals surface area contributed by atoms with Gasteiger partial charge < -0.3 is 5.11 Å². The average molecular weight is 256 g/mol. The van der Waals surface area contributed by atoms with E-state index in [0.717, 1.165) is 6.07 Å². The van der Waals surface area contributed by atoms with Crippen LogP contribution in [0.4, 0.5) is 8.78 Å². The summed E-state index contributed by atoms with van der Waals surface area (Å²) < 4.78 is 24.9. The molecule has 7 heteroatoms. The van der Waals surface area contributed by atoms with Crippen LogP contribution >= 0.6 is 23.2 Å². The van der Waals surface area contributed by atoms with E-state index >= 15 is 0 Å². The number of carbonyl (C=O) groups is 1. The number of aliphatic carboxylic acids is 1. The summed E-state index contributed by atoms with van der Waals surface area (Å²) in [6.45, 7) is 0. The summed E-state index contributed by atoms with van der Waals surface area (Å²) in [5, 5.41) is 8.19. The molecule has 0 unspecified atom stereocenters. The van der Waals surface area contributed by atoms with Gasteiger partial charge in [0.05, 0.1) is 6.42 Å². The summed E-state index contributed by atoms with van der Waals surface area (Å²) in [6, 6.07) is 1.13. The van der Waals surface area contributed by atoms with Gasteiger partial charge in [0.2, 0.25) is 0 Å². The van der Waals surface area contributed by atoms with Crippen LogP contribution in [0.2, 0.25) is 10.2 Å². The Morgan fingerprint density at radius 2 is 2.13 bits per heavy atom. The summed E-state index contributed by atoms with van der Waals surface area (Å²) in [4.78, 5) is 13.8. The summed E-state index contributed by atoms with van der Waals surface area (Å²) >= 11 is 11.0. The van der Waals surface area contributed by atoms with Crippen molar-refractivity contribution in [3.63, 3.8) is 0 Å². The molecule has 1 rings (SSSR count). The minimum absolute atomic E-state index is 0.118. The molecule has 15 heavy (non-hydrogen) atoms. The second-order valence-electron chi connectivity index (χ2n) is 2.66. The van der Waals surface area contributed by atoms with Crippen molar-refractivity contribution in [2.24, 2.45) is 0 Å². The van der Waals surface area contributed by atoms with Gasteiger partial charge in [-0.15, -0.1) is 0 Å². The predicted octanol–water partition coefficient (Wildman–Crippen LogP) is 2.95. The van der Waals surface area contributed by atoms with E-state index in [9.17, 15) is 13.6 Å². The summed E-state index contributed by atoms with van der Waals surface area (Å²) in [5.74, 6) is -1.26. The van der Waals surface area contributed by atoms with Crippen molar-refractivity contribution in [3.8, 4) is 0 Å². The Labute approximate surface area is 93.6 Å². The average Bonchev–Trinajstić information content (AvgIpc) is 2.08. The van der Waals surface area contributed by atoms with Gasteiger partial charge in [-0.25, -0.2) is 13.8 Å². The number of aromatic nitrogens is 1. The number of carboxylic acids is 1. The van der Waals surface area contributed by atoms with Crippen LogP contribution in [-0.4, -0.2) is 16.1 Å². The normalized spacial score (nSPS) is 10.7. The Kier molecular flexibility index (Phi) is 3.82. The molecule has 0 atom stereocenters. The zero-order valence-electron chi connectivity index (χ0n) is 7.18. The number of pyridine rings is 1. The molecule has 1 N–H and O–H groups in total. The van der Waals surface area contributed by atoms with Gasteiger partial charge in [0, 0.05) is 10.6 Å². The molecule has 0 fully saturated rings. The smallest absolute Gasteiger partial charge is 0.307 e. The lowest BCUT2D eigenvalue weighted by atomic mass is 10.1. The molecule has 82 valence electrons. The Hall–Kier alpha value is -0.940. The van der Waals surface area contributed by atoms with Gasteiger partial charge in [0.1, 0.15) is 10.8 Å². The molecule has 0 saturated heterocycles. The van der Waals surface area contributed by atoms with Crippen molar-refractivity contribution < 1.29 is 18.7 Å². The molecular formula is C8H5Cl2F2NO2. The van der Waals surface area contributed by atoms with Gasteiger partial charge in [0.15, 0.2) is 0 Å². The van der Waals surface area contributed by atoms with Crippen molar-refractivity contribution in [2.75, 3.05) is 0 Å². The highest BCUT2D eigenvalue weighted by Crippen LogP contribution is 2.29. The third-order valence-electron chi connectivity index (χ3n) is 1.61. The Bertz CT molecular complexity index is 398. The Morgan fingerprint density at radius 1 is 1.53 bits per heavy atom. The van der Waals surface area contributed by atoms with Crippen molar-refractivity contribution >= 4 is 29.2 Å². The molecule has 0 aliphatic heterocycles. The van der Waals surface area contributed by atoms with Crippen molar-refractivity contribution in [2.45, 2.75) is 12.8 Å². The molecular weight excluding hydrogens is 251 g/mol. The third-order valence-corrected chi connectivity index (χ3v) is 2.14. The second kappa shape index (κ2) is 4.72. The number of halogens is 4. The van der Waals surface area contributed by atoms with Crippen LogP contribution in [0.5, 0.6) is 0 Å². The lowest BCUT2D eigenvalue weighted by Crippen LogP contribution is -2.07. The lowest BCUT2D eigenvalue weighted by molar-refractivity contribution is -0.136. The molecule has 3 nitrogen and oxygen atoms in total. The van der Waals surface area contributed by atoms with Gasteiger partial charge in [-0.3, -0.25) is 4.79 Å². The third kappa shape index (κ3) is 3.00. The molecule has 0 aliphatic rings. The van der Waals surface area contributed by atoms with Crippen LogP contribution in [0.3, 0.4) is 0 Å². The van der Waals surface area contributed by atoms with Crippen LogP contribution in [0.1, 0.15) is 17.7 Å². The van der Waals surface area contributed by atoms with Gasteiger partial charge >= 0.3 is 5.97 Å². The first kappa shape index (κ1) is 12.1. The Balaban J connectivity index is 3.26. The van der Waals surface area contributed by atoms with E-state index in [4.69, 9.17) is 28.3 Å². The van der Waals surface area contributed by atoms with E-state index in [1.807, 2.05) is 0 Å². The van der Waals surface area contributed by atoms with Gasteiger partial charge in [-0.2, -0.15) is 0 Å². The maximum Gasteiger partial charge on any atom is 0.307 e. The van der Waals surface area contributed by atoms with Crippen LogP contribution in [-0.2, 0) is 11.2 Å². The van der Waals surface area contributed by atoms with Crippen LogP contribution in [0.15, 0.2) is 6.07 Å². The van der Waals surface area contributed by atoms with E-state index in [1.54, 1.807) is 0 Å². The van der Waals surface area contributed by atoms with Crippen LogP contribution in [0.25, 0.3) is 0 Å². The van der Waals surface area contributed by atoms with Crippen molar-refractivity contribution in [3.05, 3.63) is 27.5 Å². The first-order chi connectivity index (χ1) is 6.91. The maximum atomic E-state index is 12.5. The van der Waals surface area contributed by atoms with E-state index in [2.05, 4.69) is 4.98 Å². The van der Waals surface area contributed by atoms with E-state index in [1.165, 1.54) is 0 Å². The Morgan fingerprint density at radius 3 is 2.60 bits per heavy atom. The minimum atomic E-state index is -2.91. The zero-order valence-corrected chi connectivity index (χ0v) is 8.69. The minimum Gasteiger partial charge on any atom is -0.481 e. The molecule has 0 amide bonds. The lowest BCUT2D eigenvalue weighted by Gasteiger charge is -2.08. The summed E-state index contributed by atoms with van der Waals surface area (Å²) in [7, 11) is 0. The first-order valence-corrected chi connectivity index (χ1v) is 4.52. The molecule has 1 heterocycles. The summed E-state index contributed by atoms with van der Waals surface area (Å²) in [5.41, 5.74) is -0.890. The van der Waals surface area contributed by atoms with Crippen molar-refractivity contribution in [1.82, 2.24) is 4.98 Å². The number of hydrogen-bond acceptors (Lipinski definition) is 2. The fourth-order valence-corrected chi connectivity index (χ4v) is 1.56.